The highest BCUT2D eigenvalue weighted by atomic mass is 35.5. The number of hydrogen-bond donors (Lipinski definition) is 1. The molecule has 0 radical (unpaired) electrons. The summed E-state index contributed by atoms with van der Waals surface area (Å²) in [5.41, 5.74) is 3.17. The third kappa shape index (κ3) is 6.80. The minimum Gasteiger partial charge on any atom is -0.484 e. The molecule has 9 heteroatoms. The summed E-state index contributed by atoms with van der Waals surface area (Å²) in [5.74, 6) is -0.811. The van der Waals surface area contributed by atoms with E-state index < -0.39 is 17.7 Å². The molecule has 0 atom stereocenters. The number of nitrogens with zero attached hydrogens (tertiary/aromatic N) is 1. The van der Waals surface area contributed by atoms with Crippen LogP contribution in [0.1, 0.15) is 15.9 Å². The summed E-state index contributed by atoms with van der Waals surface area (Å²) < 4.78 is 23.3. The third-order valence-electron chi connectivity index (χ3n) is 3.83. The topological polar surface area (TPSA) is 77.0 Å². The Morgan fingerprint density at radius 3 is 2.32 bits per heavy atom. The number of ether oxygens (including phenoxy) is 2. The summed E-state index contributed by atoms with van der Waals surface area (Å²) in [6, 6.07) is 16.2. The SMILES string of the molecule is O=C(COc1ccc(F)cc1)NN=Cc1ccc(OC(=O)c2ccc(Cl)cc2Cl)cc1. The average Bonchev–Trinajstić information content (AvgIpc) is 2.74. The van der Waals surface area contributed by atoms with Gasteiger partial charge in [0.25, 0.3) is 5.91 Å². The molecule has 0 aromatic heterocycles. The Balaban J connectivity index is 1.48. The lowest BCUT2D eigenvalue weighted by Gasteiger charge is -2.06. The van der Waals surface area contributed by atoms with Crippen LogP contribution in [0.25, 0.3) is 0 Å². The maximum Gasteiger partial charge on any atom is 0.345 e. The van der Waals surface area contributed by atoms with Gasteiger partial charge < -0.3 is 9.47 Å². The monoisotopic (exact) mass is 460 g/mol. The van der Waals surface area contributed by atoms with E-state index in [1.807, 2.05) is 0 Å². The van der Waals surface area contributed by atoms with E-state index in [2.05, 4.69) is 10.5 Å². The van der Waals surface area contributed by atoms with Crippen LogP contribution in [0, 0.1) is 5.82 Å². The lowest BCUT2D eigenvalue weighted by Crippen LogP contribution is -2.24. The van der Waals surface area contributed by atoms with Gasteiger partial charge in [-0.1, -0.05) is 23.2 Å². The zero-order chi connectivity index (χ0) is 22.2. The molecule has 0 saturated heterocycles. The Morgan fingerprint density at radius 2 is 1.65 bits per heavy atom. The lowest BCUT2D eigenvalue weighted by molar-refractivity contribution is -0.123. The number of amides is 1. The van der Waals surface area contributed by atoms with Gasteiger partial charge in [-0.3, -0.25) is 4.79 Å². The van der Waals surface area contributed by atoms with E-state index in [-0.39, 0.29) is 17.2 Å². The highest BCUT2D eigenvalue weighted by Gasteiger charge is 2.13. The normalized spacial score (nSPS) is 10.7. The third-order valence-corrected chi connectivity index (χ3v) is 4.38. The van der Waals surface area contributed by atoms with Gasteiger partial charge in [0.15, 0.2) is 6.61 Å². The van der Waals surface area contributed by atoms with Gasteiger partial charge in [-0.2, -0.15) is 5.10 Å². The smallest absolute Gasteiger partial charge is 0.345 e. The molecule has 0 spiro atoms. The van der Waals surface area contributed by atoms with E-state index in [0.717, 1.165) is 0 Å². The lowest BCUT2D eigenvalue weighted by atomic mass is 10.2. The van der Waals surface area contributed by atoms with Gasteiger partial charge in [0.1, 0.15) is 17.3 Å². The summed E-state index contributed by atoms with van der Waals surface area (Å²) in [6.07, 6.45) is 1.41. The molecule has 31 heavy (non-hydrogen) atoms. The molecule has 0 fully saturated rings. The van der Waals surface area contributed by atoms with Crippen molar-refractivity contribution in [2.75, 3.05) is 6.61 Å². The second kappa shape index (κ2) is 10.6. The molecule has 1 N–H and O–H groups in total. The summed E-state index contributed by atoms with van der Waals surface area (Å²) in [6.45, 7) is -0.273. The van der Waals surface area contributed by atoms with E-state index >= 15 is 0 Å². The molecule has 6 nitrogen and oxygen atoms in total. The number of nitrogens with one attached hydrogen (secondary N) is 1. The van der Waals surface area contributed by atoms with Crippen LogP contribution in [-0.4, -0.2) is 24.7 Å². The van der Waals surface area contributed by atoms with Crippen LogP contribution in [0.15, 0.2) is 71.8 Å². The first-order valence-electron chi connectivity index (χ1n) is 8.88. The van der Waals surface area contributed by atoms with Crippen molar-refractivity contribution in [2.24, 2.45) is 5.10 Å². The van der Waals surface area contributed by atoms with Crippen molar-refractivity contribution in [3.8, 4) is 11.5 Å². The molecule has 0 aliphatic rings. The maximum absolute atomic E-state index is 12.8. The molecule has 0 unspecified atom stereocenters. The van der Waals surface area contributed by atoms with Crippen LogP contribution in [0.3, 0.4) is 0 Å². The van der Waals surface area contributed by atoms with E-state index in [9.17, 15) is 14.0 Å². The Labute approximate surface area is 187 Å². The van der Waals surface area contributed by atoms with E-state index in [4.69, 9.17) is 32.7 Å². The van der Waals surface area contributed by atoms with Crippen molar-refractivity contribution in [1.29, 1.82) is 0 Å². The number of halogens is 3. The number of carbonyl (C=O) groups is 2. The first kappa shape index (κ1) is 22.3. The number of benzene rings is 3. The minimum absolute atomic E-state index is 0.195. The van der Waals surface area contributed by atoms with E-state index in [0.29, 0.717) is 22.1 Å². The molecule has 0 saturated carbocycles. The Morgan fingerprint density at radius 1 is 0.968 bits per heavy atom. The molecule has 158 valence electrons. The maximum atomic E-state index is 12.8. The standard InChI is InChI=1S/C22H15Cl2FN2O4/c23-15-3-10-19(20(24)11-15)22(29)31-18-6-1-14(2-7-18)12-26-27-21(28)13-30-17-8-4-16(25)5-9-17/h1-12H,13H2,(H,27,28). The van der Waals surface area contributed by atoms with Crippen molar-refractivity contribution < 1.29 is 23.5 Å². The number of esters is 1. The molecule has 1 amide bonds. The average molecular weight is 461 g/mol. The minimum atomic E-state index is -0.614. The van der Waals surface area contributed by atoms with Crippen LogP contribution in [-0.2, 0) is 4.79 Å². The van der Waals surface area contributed by atoms with Crippen molar-refractivity contribution in [3.63, 3.8) is 0 Å². The molecule has 0 heterocycles. The fraction of sp³-hybridized carbons (Fsp3) is 0.0455. The molecule has 0 bridgehead atoms. The van der Waals surface area contributed by atoms with Gasteiger partial charge in [-0.05, 0) is 72.3 Å². The van der Waals surface area contributed by atoms with Crippen LogP contribution < -0.4 is 14.9 Å². The van der Waals surface area contributed by atoms with Crippen LogP contribution in [0.2, 0.25) is 10.0 Å². The second-order valence-corrected chi connectivity index (χ2v) is 6.96. The quantitative estimate of drug-likeness (QED) is 0.236. The number of hydrogen-bond acceptors (Lipinski definition) is 5. The number of carbonyl (C=O) groups excluding carboxylic acids is 2. The van der Waals surface area contributed by atoms with Crippen LogP contribution >= 0.6 is 23.2 Å². The molecule has 0 aliphatic carbocycles. The summed E-state index contributed by atoms with van der Waals surface area (Å²) >= 11 is 11.8. The van der Waals surface area contributed by atoms with Gasteiger partial charge >= 0.3 is 5.97 Å². The molecular formula is C22H15Cl2FN2O4. The second-order valence-electron chi connectivity index (χ2n) is 6.12. The largest absolute Gasteiger partial charge is 0.484 e. The van der Waals surface area contributed by atoms with Gasteiger partial charge in [0, 0.05) is 5.02 Å². The summed E-state index contributed by atoms with van der Waals surface area (Å²) in [4.78, 5) is 23.9. The molecule has 0 aliphatic heterocycles. The van der Waals surface area contributed by atoms with Crippen molar-refractivity contribution >= 4 is 41.3 Å². The highest BCUT2D eigenvalue weighted by Crippen LogP contribution is 2.23. The van der Waals surface area contributed by atoms with Crippen molar-refractivity contribution in [2.45, 2.75) is 0 Å². The van der Waals surface area contributed by atoms with Crippen molar-refractivity contribution in [3.05, 3.63) is 93.7 Å². The summed E-state index contributed by atoms with van der Waals surface area (Å²) in [5, 5.41) is 4.43. The zero-order valence-electron chi connectivity index (χ0n) is 15.8. The first-order chi connectivity index (χ1) is 14.9. The predicted octanol–water partition coefficient (Wildman–Crippen LogP) is 4.88. The molecule has 3 aromatic carbocycles. The predicted molar refractivity (Wildman–Crippen MR) is 115 cm³/mol. The number of hydrazone groups is 1. The fourth-order valence-corrected chi connectivity index (χ4v) is 2.82. The zero-order valence-corrected chi connectivity index (χ0v) is 17.4. The van der Waals surface area contributed by atoms with Crippen molar-refractivity contribution in [1.82, 2.24) is 5.43 Å². The highest BCUT2D eigenvalue weighted by molar-refractivity contribution is 6.36. The van der Waals surface area contributed by atoms with Gasteiger partial charge in [-0.25, -0.2) is 14.6 Å². The van der Waals surface area contributed by atoms with Crippen LogP contribution in [0.4, 0.5) is 4.39 Å². The summed E-state index contributed by atoms with van der Waals surface area (Å²) in [7, 11) is 0. The van der Waals surface area contributed by atoms with Gasteiger partial charge in [0.2, 0.25) is 0 Å². The molecule has 3 rings (SSSR count). The Bertz CT molecular complexity index is 1100. The first-order valence-corrected chi connectivity index (χ1v) is 9.64. The molecule has 3 aromatic rings. The van der Waals surface area contributed by atoms with Gasteiger partial charge in [0.05, 0.1) is 16.8 Å². The van der Waals surface area contributed by atoms with Gasteiger partial charge in [-0.15, -0.1) is 0 Å². The van der Waals surface area contributed by atoms with Crippen LogP contribution in [0.5, 0.6) is 11.5 Å². The van der Waals surface area contributed by atoms with E-state index in [1.165, 1.54) is 42.6 Å². The molecular weight excluding hydrogens is 446 g/mol. The van der Waals surface area contributed by atoms with E-state index in [1.54, 1.807) is 30.3 Å². The Hall–Kier alpha value is -3.42. The Kier molecular flexibility index (Phi) is 7.59. The fourth-order valence-electron chi connectivity index (χ4n) is 2.33. The number of rotatable bonds is 7.